The van der Waals surface area contributed by atoms with E-state index in [9.17, 15) is 0 Å². The molecule has 4 nitrogen and oxygen atoms in total. The first-order chi connectivity index (χ1) is 10.3. The van der Waals surface area contributed by atoms with Crippen LogP contribution in [0.1, 0.15) is 12.6 Å². The molecule has 0 saturated heterocycles. The molecule has 0 aliphatic carbocycles. The minimum absolute atomic E-state index is 0.603. The largest absolute Gasteiger partial charge is 0.494 e. The minimum atomic E-state index is 0.603. The maximum Gasteiger partial charge on any atom is 0.242 e. The summed E-state index contributed by atoms with van der Waals surface area (Å²) >= 11 is 3.50. The van der Waals surface area contributed by atoms with Gasteiger partial charge in [-0.25, -0.2) is 0 Å². The molecule has 0 fully saturated rings. The summed E-state index contributed by atoms with van der Waals surface area (Å²) in [5.74, 6) is 2.11. The van der Waals surface area contributed by atoms with Crippen LogP contribution in [-0.2, 0) is 5.33 Å². The SMILES string of the molecule is CCOc1cccc(Oc2nc3ccccn3c2CBr)c1. The number of rotatable bonds is 5. The lowest BCUT2D eigenvalue weighted by molar-refractivity contribution is 0.338. The van der Waals surface area contributed by atoms with Gasteiger partial charge in [0.25, 0.3) is 0 Å². The molecule has 0 radical (unpaired) electrons. The third kappa shape index (κ3) is 2.88. The fourth-order valence-electron chi connectivity index (χ4n) is 2.13. The first kappa shape index (κ1) is 13.9. The first-order valence-electron chi connectivity index (χ1n) is 6.74. The summed E-state index contributed by atoms with van der Waals surface area (Å²) < 4.78 is 13.4. The Morgan fingerprint density at radius 1 is 1.14 bits per heavy atom. The summed E-state index contributed by atoms with van der Waals surface area (Å²) in [6.45, 7) is 2.59. The topological polar surface area (TPSA) is 35.8 Å². The molecule has 0 bridgehead atoms. The Hall–Kier alpha value is -2.01. The Morgan fingerprint density at radius 3 is 2.81 bits per heavy atom. The molecule has 0 aliphatic rings. The standard InChI is InChI=1S/C16H15BrN2O2/c1-2-20-12-6-5-7-13(10-12)21-16-14(11-17)19-9-4-3-8-15(19)18-16/h3-10H,2,11H2,1H3. The number of ether oxygens (including phenoxy) is 2. The minimum Gasteiger partial charge on any atom is -0.494 e. The van der Waals surface area contributed by atoms with Crippen molar-refractivity contribution < 1.29 is 9.47 Å². The van der Waals surface area contributed by atoms with Crippen LogP contribution in [0.4, 0.5) is 0 Å². The van der Waals surface area contributed by atoms with Gasteiger partial charge in [-0.3, -0.25) is 4.40 Å². The van der Waals surface area contributed by atoms with Gasteiger partial charge in [0, 0.05) is 17.6 Å². The van der Waals surface area contributed by atoms with Crippen molar-refractivity contribution in [3.8, 4) is 17.4 Å². The summed E-state index contributed by atoms with van der Waals surface area (Å²) in [4.78, 5) is 4.52. The van der Waals surface area contributed by atoms with E-state index in [0.717, 1.165) is 17.1 Å². The highest BCUT2D eigenvalue weighted by atomic mass is 79.9. The van der Waals surface area contributed by atoms with Crippen LogP contribution in [0, 0.1) is 0 Å². The van der Waals surface area contributed by atoms with E-state index >= 15 is 0 Å². The first-order valence-corrected chi connectivity index (χ1v) is 7.86. The number of pyridine rings is 1. The highest BCUT2D eigenvalue weighted by molar-refractivity contribution is 9.08. The molecule has 0 spiro atoms. The number of hydrogen-bond donors (Lipinski definition) is 0. The maximum atomic E-state index is 5.93. The Balaban J connectivity index is 1.96. The quantitative estimate of drug-likeness (QED) is 0.641. The number of halogens is 1. The summed E-state index contributed by atoms with van der Waals surface area (Å²) in [6.07, 6.45) is 1.97. The Bertz CT molecular complexity index is 755. The van der Waals surface area contributed by atoms with Gasteiger partial charge in [0.2, 0.25) is 5.88 Å². The van der Waals surface area contributed by atoms with E-state index in [1.165, 1.54) is 0 Å². The van der Waals surface area contributed by atoms with Crippen molar-refractivity contribution in [3.63, 3.8) is 0 Å². The molecule has 5 heteroatoms. The van der Waals surface area contributed by atoms with Gasteiger partial charge in [0.1, 0.15) is 17.1 Å². The number of nitrogens with zero attached hydrogens (tertiary/aromatic N) is 2. The van der Waals surface area contributed by atoms with Crippen molar-refractivity contribution in [3.05, 3.63) is 54.4 Å². The second-order valence-corrected chi connectivity index (χ2v) is 5.00. The van der Waals surface area contributed by atoms with Gasteiger partial charge in [0.15, 0.2) is 0 Å². The summed E-state index contributed by atoms with van der Waals surface area (Å²) in [6, 6.07) is 13.5. The van der Waals surface area contributed by atoms with Crippen molar-refractivity contribution in [1.29, 1.82) is 0 Å². The lowest BCUT2D eigenvalue weighted by atomic mass is 10.3. The molecule has 1 aromatic carbocycles. The molecule has 0 atom stereocenters. The second-order valence-electron chi connectivity index (χ2n) is 4.44. The number of hydrogen-bond acceptors (Lipinski definition) is 3. The Kier molecular flexibility index (Phi) is 4.10. The number of fused-ring (bicyclic) bond motifs is 1. The van der Waals surface area contributed by atoms with Gasteiger partial charge in [-0.15, -0.1) is 0 Å². The maximum absolute atomic E-state index is 5.93. The Labute approximate surface area is 131 Å². The van der Waals surface area contributed by atoms with Crippen LogP contribution in [0.25, 0.3) is 5.65 Å². The van der Waals surface area contributed by atoms with Crippen LogP contribution in [0.5, 0.6) is 17.4 Å². The molecular formula is C16H15BrN2O2. The van der Waals surface area contributed by atoms with Crippen LogP contribution in [0.2, 0.25) is 0 Å². The number of alkyl halides is 1. The number of benzene rings is 1. The van der Waals surface area contributed by atoms with E-state index in [0.29, 0.717) is 23.6 Å². The highest BCUT2D eigenvalue weighted by Crippen LogP contribution is 2.29. The lowest BCUT2D eigenvalue weighted by Gasteiger charge is -2.07. The summed E-state index contributed by atoms with van der Waals surface area (Å²) in [5, 5.41) is 0.665. The molecule has 0 unspecified atom stereocenters. The molecule has 0 N–H and O–H groups in total. The smallest absolute Gasteiger partial charge is 0.242 e. The van der Waals surface area contributed by atoms with Gasteiger partial charge in [-0.1, -0.05) is 28.1 Å². The van der Waals surface area contributed by atoms with E-state index < -0.39 is 0 Å². The zero-order valence-electron chi connectivity index (χ0n) is 11.6. The van der Waals surface area contributed by atoms with Gasteiger partial charge < -0.3 is 9.47 Å². The second kappa shape index (κ2) is 6.18. The lowest BCUT2D eigenvalue weighted by Crippen LogP contribution is -1.93. The van der Waals surface area contributed by atoms with Crippen molar-refractivity contribution >= 4 is 21.6 Å². The molecule has 3 rings (SSSR count). The molecule has 0 amide bonds. The monoisotopic (exact) mass is 346 g/mol. The fraction of sp³-hybridized carbons (Fsp3) is 0.188. The molecule has 108 valence electrons. The zero-order valence-corrected chi connectivity index (χ0v) is 13.2. The van der Waals surface area contributed by atoms with Crippen LogP contribution in [-0.4, -0.2) is 16.0 Å². The van der Waals surface area contributed by atoms with Gasteiger partial charge in [-0.2, -0.15) is 4.98 Å². The molecule has 0 aliphatic heterocycles. The van der Waals surface area contributed by atoms with Gasteiger partial charge in [-0.05, 0) is 31.2 Å². The molecule has 2 aromatic heterocycles. The molecule has 3 aromatic rings. The van der Waals surface area contributed by atoms with Crippen molar-refractivity contribution in [2.75, 3.05) is 6.61 Å². The van der Waals surface area contributed by atoms with Gasteiger partial charge >= 0.3 is 0 Å². The zero-order chi connectivity index (χ0) is 14.7. The van der Waals surface area contributed by atoms with Crippen molar-refractivity contribution in [2.45, 2.75) is 12.3 Å². The highest BCUT2D eigenvalue weighted by Gasteiger charge is 2.13. The Morgan fingerprint density at radius 2 is 2.00 bits per heavy atom. The van der Waals surface area contributed by atoms with Gasteiger partial charge in [0.05, 0.1) is 12.3 Å². The van der Waals surface area contributed by atoms with Crippen LogP contribution in [0.15, 0.2) is 48.7 Å². The van der Waals surface area contributed by atoms with Crippen LogP contribution >= 0.6 is 15.9 Å². The normalized spacial score (nSPS) is 10.8. The number of imidazole rings is 1. The van der Waals surface area contributed by atoms with E-state index in [1.54, 1.807) is 0 Å². The van der Waals surface area contributed by atoms with Crippen LogP contribution in [0.3, 0.4) is 0 Å². The predicted molar refractivity (Wildman–Crippen MR) is 85.5 cm³/mol. The summed E-state index contributed by atoms with van der Waals surface area (Å²) in [7, 11) is 0. The van der Waals surface area contributed by atoms with E-state index in [-0.39, 0.29) is 0 Å². The van der Waals surface area contributed by atoms with E-state index in [2.05, 4.69) is 20.9 Å². The van der Waals surface area contributed by atoms with Crippen molar-refractivity contribution in [2.24, 2.45) is 0 Å². The fourth-order valence-corrected chi connectivity index (χ4v) is 2.64. The molecule has 0 saturated carbocycles. The van der Waals surface area contributed by atoms with E-state index in [4.69, 9.17) is 9.47 Å². The average molecular weight is 347 g/mol. The number of aromatic nitrogens is 2. The summed E-state index contributed by atoms with van der Waals surface area (Å²) in [5.41, 5.74) is 1.84. The van der Waals surface area contributed by atoms with E-state index in [1.807, 2.05) is 60.0 Å². The van der Waals surface area contributed by atoms with Crippen LogP contribution < -0.4 is 9.47 Å². The third-order valence-electron chi connectivity index (χ3n) is 3.05. The van der Waals surface area contributed by atoms with Crippen molar-refractivity contribution in [1.82, 2.24) is 9.38 Å². The molecule has 2 heterocycles. The predicted octanol–water partition coefficient (Wildman–Crippen LogP) is 4.42. The molecule has 21 heavy (non-hydrogen) atoms. The third-order valence-corrected chi connectivity index (χ3v) is 3.58. The average Bonchev–Trinajstić information content (AvgIpc) is 2.85. The molecular weight excluding hydrogens is 332 g/mol.